The van der Waals surface area contributed by atoms with E-state index in [9.17, 15) is 9.18 Å². The highest BCUT2D eigenvalue weighted by Gasteiger charge is 2.23. The van der Waals surface area contributed by atoms with Gasteiger partial charge in [0, 0.05) is 4.90 Å². The van der Waals surface area contributed by atoms with Crippen LogP contribution in [0.2, 0.25) is 0 Å². The van der Waals surface area contributed by atoms with Crippen molar-refractivity contribution in [2.75, 3.05) is 0 Å². The number of carboxylic acids is 1. The van der Waals surface area contributed by atoms with Crippen LogP contribution in [0, 0.1) is 5.82 Å². The van der Waals surface area contributed by atoms with Crippen LogP contribution in [0.4, 0.5) is 4.39 Å². The number of carbonyl (C=O) groups is 1. The molecule has 1 aromatic carbocycles. The van der Waals surface area contributed by atoms with Crippen molar-refractivity contribution in [3.63, 3.8) is 0 Å². The lowest BCUT2D eigenvalue weighted by Gasteiger charge is -2.11. The van der Waals surface area contributed by atoms with Gasteiger partial charge in [0.2, 0.25) is 5.16 Å². The number of hydrogen-bond acceptors (Lipinski definition) is 5. The minimum Gasteiger partial charge on any atom is -0.478 e. The molecule has 3 rings (SSSR count). The Morgan fingerprint density at radius 2 is 2.14 bits per heavy atom. The summed E-state index contributed by atoms with van der Waals surface area (Å²) in [6.45, 7) is 0. The Bertz CT molecular complexity index is 670. The van der Waals surface area contributed by atoms with E-state index >= 15 is 0 Å². The van der Waals surface area contributed by atoms with Crippen molar-refractivity contribution < 1.29 is 14.3 Å². The largest absolute Gasteiger partial charge is 0.478 e. The zero-order valence-corrected chi connectivity index (χ0v) is 11.9. The molecule has 0 saturated heterocycles. The van der Waals surface area contributed by atoms with Gasteiger partial charge in [-0.15, -0.1) is 5.10 Å². The molecule has 0 aliphatic heterocycles. The fourth-order valence-corrected chi connectivity index (χ4v) is 3.43. The van der Waals surface area contributed by atoms with Gasteiger partial charge in [0.15, 0.2) is 0 Å². The molecular weight excluding hydrogens is 295 g/mol. The van der Waals surface area contributed by atoms with Gasteiger partial charge in [0.25, 0.3) is 0 Å². The van der Waals surface area contributed by atoms with Crippen molar-refractivity contribution in [3.8, 4) is 0 Å². The van der Waals surface area contributed by atoms with Crippen molar-refractivity contribution >= 4 is 17.7 Å². The third-order valence-electron chi connectivity index (χ3n) is 3.51. The van der Waals surface area contributed by atoms with E-state index in [2.05, 4.69) is 15.5 Å². The Labute approximate surface area is 124 Å². The Balaban J connectivity index is 1.91. The standard InChI is InChI=1S/C13H13FN4O2S/c14-8-5-6-11(10(7-8)12(19)20)21-13-15-16-17-18(13)9-3-1-2-4-9/h5-7,9H,1-4H2,(H,19,20). The van der Waals surface area contributed by atoms with E-state index in [1.165, 1.54) is 12.1 Å². The van der Waals surface area contributed by atoms with Gasteiger partial charge >= 0.3 is 5.97 Å². The highest BCUT2D eigenvalue weighted by molar-refractivity contribution is 7.99. The van der Waals surface area contributed by atoms with Gasteiger partial charge in [-0.2, -0.15) is 0 Å². The molecule has 1 fully saturated rings. The number of aromatic carboxylic acids is 1. The maximum absolute atomic E-state index is 13.2. The number of benzene rings is 1. The Morgan fingerprint density at radius 3 is 2.86 bits per heavy atom. The van der Waals surface area contributed by atoms with E-state index in [0.717, 1.165) is 43.5 Å². The topological polar surface area (TPSA) is 80.9 Å². The van der Waals surface area contributed by atoms with Crippen LogP contribution in [0.1, 0.15) is 42.1 Å². The second-order valence-corrected chi connectivity index (χ2v) is 5.90. The first-order chi connectivity index (χ1) is 10.1. The molecule has 2 aromatic rings. The number of carboxylic acid groups (broad SMARTS) is 1. The van der Waals surface area contributed by atoms with Crippen molar-refractivity contribution in [1.82, 2.24) is 20.2 Å². The van der Waals surface area contributed by atoms with Crippen LogP contribution in [0.25, 0.3) is 0 Å². The third-order valence-corrected chi connectivity index (χ3v) is 4.53. The fourth-order valence-electron chi connectivity index (χ4n) is 2.49. The van der Waals surface area contributed by atoms with E-state index in [-0.39, 0.29) is 11.6 Å². The highest BCUT2D eigenvalue weighted by Crippen LogP contribution is 2.35. The Kier molecular flexibility index (Phi) is 3.87. The van der Waals surface area contributed by atoms with Gasteiger partial charge in [-0.05, 0) is 53.2 Å². The SMILES string of the molecule is O=C(O)c1cc(F)ccc1Sc1nnnn1C1CCCC1. The van der Waals surface area contributed by atoms with Gasteiger partial charge in [-0.1, -0.05) is 12.8 Å². The van der Waals surface area contributed by atoms with Crippen LogP contribution < -0.4 is 0 Å². The third kappa shape index (κ3) is 2.90. The summed E-state index contributed by atoms with van der Waals surface area (Å²) in [5.74, 6) is -1.75. The molecule has 1 saturated carbocycles. The van der Waals surface area contributed by atoms with Gasteiger partial charge in [0.05, 0.1) is 11.6 Å². The normalized spacial score (nSPS) is 15.5. The van der Waals surface area contributed by atoms with Crippen molar-refractivity contribution in [2.24, 2.45) is 0 Å². The molecule has 21 heavy (non-hydrogen) atoms. The molecule has 0 unspecified atom stereocenters. The molecule has 0 bridgehead atoms. The molecule has 110 valence electrons. The van der Waals surface area contributed by atoms with Crippen LogP contribution in [0.5, 0.6) is 0 Å². The number of tetrazole rings is 1. The van der Waals surface area contributed by atoms with Gasteiger partial charge in [0.1, 0.15) is 5.82 Å². The van der Waals surface area contributed by atoms with Crippen molar-refractivity contribution in [1.29, 1.82) is 0 Å². The zero-order valence-electron chi connectivity index (χ0n) is 11.1. The lowest BCUT2D eigenvalue weighted by atomic mass is 10.2. The molecule has 1 aromatic heterocycles. The Morgan fingerprint density at radius 1 is 1.38 bits per heavy atom. The van der Waals surface area contributed by atoms with E-state index < -0.39 is 11.8 Å². The summed E-state index contributed by atoms with van der Waals surface area (Å²) < 4.78 is 14.9. The van der Waals surface area contributed by atoms with Crippen molar-refractivity contribution in [3.05, 3.63) is 29.6 Å². The van der Waals surface area contributed by atoms with E-state index in [4.69, 9.17) is 5.11 Å². The number of nitrogens with zero attached hydrogens (tertiary/aromatic N) is 4. The molecule has 0 radical (unpaired) electrons. The van der Waals surface area contributed by atoms with E-state index in [1.807, 2.05) is 0 Å². The molecule has 1 aliphatic carbocycles. The number of aromatic nitrogens is 4. The van der Waals surface area contributed by atoms with Crippen LogP contribution in [-0.2, 0) is 0 Å². The van der Waals surface area contributed by atoms with Gasteiger partial charge in [-0.25, -0.2) is 13.9 Å². The molecule has 6 nitrogen and oxygen atoms in total. The monoisotopic (exact) mass is 308 g/mol. The van der Waals surface area contributed by atoms with Crippen LogP contribution >= 0.6 is 11.8 Å². The van der Waals surface area contributed by atoms with Crippen LogP contribution in [0.3, 0.4) is 0 Å². The minimum atomic E-state index is -1.17. The summed E-state index contributed by atoms with van der Waals surface area (Å²) in [6, 6.07) is 3.94. The van der Waals surface area contributed by atoms with Gasteiger partial charge in [-0.3, -0.25) is 0 Å². The predicted octanol–water partition coefficient (Wildman–Crippen LogP) is 2.78. The maximum Gasteiger partial charge on any atom is 0.336 e. The molecular formula is C13H13FN4O2S. The van der Waals surface area contributed by atoms with E-state index in [1.54, 1.807) is 4.68 Å². The molecule has 0 amide bonds. The van der Waals surface area contributed by atoms with Gasteiger partial charge < -0.3 is 5.11 Å². The summed E-state index contributed by atoms with van der Waals surface area (Å²) in [7, 11) is 0. The molecule has 0 spiro atoms. The minimum absolute atomic E-state index is 0.0824. The Hall–Kier alpha value is -1.96. The molecule has 1 N–H and O–H groups in total. The fraction of sp³-hybridized carbons (Fsp3) is 0.385. The number of rotatable bonds is 4. The second-order valence-electron chi connectivity index (χ2n) is 4.89. The highest BCUT2D eigenvalue weighted by atomic mass is 32.2. The lowest BCUT2D eigenvalue weighted by molar-refractivity contribution is 0.0692. The second kappa shape index (κ2) is 5.80. The summed E-state index contributed by atoms with van der Waals surface area (Å²) in [6.07, 6.45) is 4.33. The number of halogens is 1. The molecule has 0 atom stereocenters. The average molecular weight is 308 g/mol. The smallest absolute Gasteiger partial charge is 0.336 e. The number of hydrogen-bond donors (Lipinski definition) is 1. The molecule has 8 heteroatoms. The van der Waals surface area contributed by atoms with Crippen LogP contribution in [-0.4, -0.2) is 31.3 Å². The summed E-state index contributed by atoms with van der Waals surface area (Å²) in [4.78, 5) is 11.6. The first-order valence-corrected chi connectivity index (χ1v) is 7.45. The maximum atomic E-state index is 13.2. The average Bonchev–Trinajstić information content (AvgIpc) is 3.11. The lowest BCUT2D eigenvalue weighted by Crippen LogP contribution is -2.08. The molecule has 1 heterocycles. The molecule has 1 aliphatic rings. The first kappa shape index (κ1) is 14.0. The van der Waals surface area contributed by atoms with Crippen molar-refractivity contribution in [2.45, 2.75) is 41.8 Å². The zero-order chi connectivity index (χ0) is 14.8. The quantitative estimate of drug-likeness (QED) is 0.935. The summed E-state index contributed by atoms with van der Waals surface area (Å²) >= 11 is 1.15. The van der Waals surface area contributed by atoms with Crippen LogP contribution in [0.15, 0.2) is 28.3 Å². The van der Waals surface area contributed by atoms with E-state index in [0.29, 0.717) is 10.1 Å². The summed E-state index contributed by atoms with van der Waals surface area (Å²) in [5.41, 5.74) is -0.0824. The first-order valence-electron chi connectivity index (χ1n) is 6.63. The predicted molar refractivity (Wildman–Crippen MR) is 72.8 cm³/mol. The summed E-state index contributed by atoms with van der Waals surface area (Å²) in [5, 5.41) is 21.3.